The van der Waals surface area contributed by atoms with Gasteiger partial charge in [0.05, 0.1) is 16.8 Å². The standard InChI is InChI=1S/C21H25ClFN3O/c1-15-4-3-5-17(12-15)14-25-8-10-26(11-9-25)16(2)21(27)24-20-7-6-18(23)13-19(20)22/h3-7,12-13,16H,8-11,14H2,1-2H3,(H,24,27)/t16-/m1/s1. The van der Waals surface area contributed by atoms with Crippen molar-refractivity contribution in [2.45, 2.75) is 26.4 Å². The second-order valence-corrected chi connectivity index (χ2v) is 7.50. The minimum atomic E-state index is -0.421. The van der Waals surface area contributed by atoms with Gasteiger partial charge >= 0.3 is 0 Å². The second-order valence-electron chi connectivity index (χ2n) is 7.09. The smallest absolute Gasteiger partial charge is 0.241 e. The molecule has 144 valence electrons. The molecule has 0 spiro atoms. The van der Waals surface area contributed by atoms with E-state index in [1.165, 1.54) is 29.3 Å². The lowest BCUT2D eigenvalue weighted by molar-refractivity contribution is -0.121. The fourth-order valence-electron chi connectivity index (χ4n) is 3.37. The summed E-state index contributed by atoms with van der Waals surface area (Å²) in [6, 6.07) is 12.3. The van der Waals surface area contributed by atoms with Gasteiger partial charge in [0.15, 0.2) is 0 Å². The first-order valence-corrected chi connectivity index (χ1v) is 9.58. The van der Waals surface area contributed by atoms with Crippen LogP contribution in [0, 0.1) is 12.7 Å². The van der Waals surface area contributed by atoms with E-state index in [1.807, 2.05) is 6.92 Å². The third-order valence-corrected chi connectivity index (χ3v) is 5.32. The van der Waals surface area contributed by atoms with Crippen molar-refractivity contribution in [3.8, 4) is 0 Å². The third-order valence-electron chi connectivity index (χ3n) is 5.01. The van der Waals surface area contributed by atoms with Crippen LogP contribution in [0.5, 0.6) is 0 Å². The lowest BCUT2D eigenvalue weighted by atomic mass is 10.1. The summed E-state index contributed by atoms with van der Waals surface area (Å²) in [5, 5.41) is 3.01. The molecule has 4 nitrogen and oxygen atoms in total. The number of anilines is 1. The van der Waals surface area contributed by atoms with Crippen LogP contribution < -0.4 is 5.32 Å². The zero-order valence-electron chi connectivity index (χ0n) is 15.7. The molecule has 0 aromatic heterocycles. The predicted molar refractivity (Wildman–Crippen MR) is 108 cm³/mol. The summed E-state index contributed by atoms with van der Waals surface area (Å²) in [4.78, 5) is 17.1. The molecule has 1 heterocycles. The Morgan fingerprint density at radius 3 is 2.59 bits per heavy atom. The highest BCUT2D eigenvalue weighted by Crippen LogP contribution is 2.23. The topological polar surface area (TPSA) is 35.6 Å². The summed E-state index contributed by atoms with van der Waals surface area (Å²) in [7, 11) is 0. The molecule has 2 aromatic carbocycles. The first kappa shape index (κ1) is 19.8. The number of hydrogen-bond donors (Lipinski definition) is 1. The first-order chi connectivity index (χ1) is 12.9. The number of carbonyl (C=O) groups is 1. The van der Waals surface area contributed by atoms with Crippen LogP contribution in [0.1, 0.15) is 18.1 Å². The number of benzene rings is 2. The number of rotatable bonds is 5. The van der Waals surface area contributed by atoms with Gasteiger partial charge in [0.2, 0.25) is 5.91 Å². The maximum absolute atomic E-state index is 13.1. The van der Waals surface area contributed by atoms with E-state index in [0.29, 0.717) is 5.69 Å². The number of carbonyl (C=O) groups excluding carboxylic acids is 1. The van der Waals surface area contributed by atoms with Crippen molar-refractivity contribution < 1.29 is 9.18 Å². The summed E-state index contributed by atoms with van der Waals surface area (Å²) >= 11 is 6.00. The molecule has 1 atom stereocenters. The van der Waals surface area contributed by atoms with Crippen LogP contribution in [0.2, 0.25) is 5.02 Å². The zero-order chi connectivity index (χ0) is 19.4. The van der Waals surface area contributed by atoms with Gasteiger partial charge in [-0.25, -0.2) is 4.39 Å². The van der Waals surface area contributed by atoms with Crippen molar-refractivity contribution in [2.24, 2.45) is 0 Å². The molecule has 1 aliphatic rings. The van der Waals surface area contributed by atoms with E-state index in [0.717, 1.165) is 32.7 Å². The van der Waals surface area contributed by atoms with Crippen LogP contribution in [0.15, 0.2) is 42.5 Å². The van der Waals surface area contributed by atoms with Crippen molar-refractivity contribution >= 4 is 23.2 Å². The Bertz CT molecular complexity index is 806. The molecule has 3 rings (SSSR count). The molecule has 1 N–H and O–H groups in total. The average Bonchev–Trinajstić information content (AvgIpc) is 2.64. The van der Waals surface area contributed by atoms with E-state index in [2.05, 4.69) is 46.3 Å². The summed E-state index contributed by atoms with van der Waals surface area (Å²) in [6.07, 6.45) is 0. The van der Waals surface area contributed by atoms with Crippen LogP contribution >= 0.6 is 11.6 Å². The fourth-order valence-corrected chi connectivity index (χ4v) is 3.59. The van der Waals surface area contributed by atoms with Gasteiger partial charge in [-0.2, -0.15) is 0 Å². The van der Waals surface area contributed by atoms with Crippen LogP contribution in [0.4, 0.5) is 10.1 Å². The highest BCUT2D eigenvalue weighted by atomic mass is 35.5. The van der Waals surface area contributed by atoms with Crippen LogP contribution in [0.3, 0.4) is 0 Å². The van der Waals surface area contributed by atoms with E-state index in [9.17, 15) is 9.18 Å². The molecule has 0 aliphatic carbocycles. The molecule has 1 aliphatic heterocycles. The monoisotopic (exact) mass is 389 g/mol. The molecule has 0 saturated carbocycles. The van der Waals surface area contributed by atoms with Crippen molar-refractivity contribution in [2.75, 3.05) is 31.5 Å². The summed E-state index contributed by atoms with van der Waals surface area (Å²) in [5.74, 6) is -0.550. The number of hydrogen-bond acceptors (Lipinski definition) is 3. The summed E-state index contributed by atoms with van der Waals surface area (Å²) in [6.45, 7) is 8.43. The number of nitrogens with one attached hydrogen (secondary N) is 1. The van der Waals surface area contributed by atoms with E-state index in [1.54, 1.807) is 0 Å². The van der Waals surface area contributed by atoms with Gasteiger partial charge in [-0.05, 0) is 37.6 Å². The highest BCUT2D eigenvalue weighted by Gasteiger charge is 2.26. The van der Waals surface area contributed by atoms with Gasteiger partial charge in [-0.3, -0.25) is 14.6 Å². The van der Waals surface area contributed by atoms with Gasteiger partial charge in [0.25, 0.3) is 0 Å². The lowest BCUT2D eigenvalue weighted by Crippen LogP contribution is -2.52. The van der Waals surface area contributed by atoms with E-state index in [4.69, 9.17) is 11.6 Å². The Balaban J connectivity index is 1.51. The molecule has 1 saturated heterocycles. The number of amides is 1. The van der Waals surface area contributed by atoms with Gasteiger partial charge in [0, 0.05) is 32.7 Å². The molecule has 1 amide bonds. The van der Waals surface area contributed by atoms with E-state index in [-0.39, 0.29) is 17.0 Å². The maximum atomic E-state index is 13.1. The maximum Gasteiger partial charge on any atom is 0.241 e. The number of nitrogens with zero attached hydrogens (tertiary/aromatic N) is 2. The minimum Gasteiger partial charge on any atom is -0.323 e. The minimum absolute atomic E-state index is 0.129. The van der Waals surface area contributed by atoms with Crippen LogP contribution in [-0.2, 0) is 11.3 Å². The Hall–Kier alpha value is -1.95. The van der Waals surface area contributed by atoms with Gasteiger partial charge in [0.1, 0.15) is 5.82 Å². The molecule has 2 aromatic rings. The van der Waals surface area contributed by atoms with E-state index < -0.39 is 5.82 Å². The Morgan fingerprint density at radius 1 is 1.19 bits per heavy atom. The molecule has 6 heteroatoms. The second kappa shape index (κ2) is 8.83. The lowest BCUT2D eigenvalue weighted by Gasteiger charge is -2.37. The van der Waals surface area contributed by atoms with Crippen molar-refractivity contribution in [1.29, 1.82) is 0 Å². The summed E-state index contributed by atoms with van der Waals surface area (Å²) in [5.41, 5.74) is 3.03. The predicted octanol–water partition coefficient (Wildman–Crippen LogP) is 3.93. The molecule has 1 fully saturated rings. The average molecular weight is 390 g/mol. The third kappa shape index (κ3) is 5.28. The molecule has 0 radical (unpaired) electrons. The van der Waals surface area contributed by atoms with E-state index >= 15 is 0 Å². The molecular weight excluding hydrogens is 365 g/mol. The van der Waals surface area contributed by atoms with Crippen molar-refractivity contribution in [3.05, 3.63) is 64.4 Å². The van der Waals surface area contributed by atoms with Gasteiger partial charge in [-0.1, -0.05) is 41.4 Å². The SMILES string of the molecule is Cc1cccc(CN2CCN([C@H](C)C(=O)Nc3ccc(F)cc3Cl)CC2)c1. The highest BCUT2D eigenvalue weighted by molar-refractivity contribution is 6.33. The Kier molecular flexibility index (Phi) is 6.47. The molecule has 0 bridgehead atoms. The molecule has 27 heavy (non-hydrogen) atoms. The number of aryl methyl sites for hydroxylation is 1. The normalized spacial score (nSPS) is 16.9. The molecule has 0 unspecified atom stereocenters. The number of piperazine rings is 1. The van der Waals surface area contributed by atoms with Crippen LogP contribution in [-0.4, -0.2) is 47.9 Å². The quantitative estimate of drug-likeness (QED) is 0.841. The van der Waals surface area contributed by atoms with Gasteiger partial charge < -0.3 is 5.32 Å². The Labute approximate surface area is 164 Å². The largest absolute Gasteiger partial charge is 0.323 e. The van der Waals surface area contributed by atoms with Crippen molar-refractivity contribution in [3.63, 3.8) is 0 Å². The van der Waals surface area contributed by atoms with Crippen LogP contribution in [0.25, 0.3) is 0 Å². The number of halogens is 2. The first-order valence-electron chi connectivity index (χ1n) is 9.20. The van der Waals surface area contributed by atoms with Gasteiger partial charge in [-0.15, -0.1) is 0 Å². The zero-order valence-corrected chi connectivity index (χ0v) is 16.5. The fraction of sp³-hybridized carbons (Fsp3) is 0.381. The Morgan fingerprint density at radius 2 is 1.93 bits per heavy atom. The molecular formula is C21H25ClFN3O. The summed E-state index contributed by atoms with van der Waals surface area (Å²) < 4.78 is 13.1. The van der Waals surface area contributed by atoms with Crippen molar-refractivity contribution in [1.82, 2.24) is 9.80 Å².